The van der Waals surface area contributed by atoms with Gasteiger partial charge < -0.3 is 25.1 Å². The number of carbonyl (C=O) groups is 1. The Hall–Kier alpha value is -3.89. The van der Waals surface area contributed by atoms with Crippen molar-refractivity contribution < 1.29 is 19.0 Å². The number of hydrogen-bond donors (Lipinski definition) is 3. The van der Waals surface area contributed by atoms with Gasteiger partial charge in [-0.2, -0.15) is 4.37 Å². The maximum Gasteiger partial charge on any atom is 0.353 e. The maximum absolute atomic E-state index is 15.2. The van der Waals surface area contributed by atoms with Crippen molar-refractivity contribution in [3.63, 3.8) is 0 Å². The summed E-state index contributed by atoms with van der Waals surface area (Å²) >= 11 is 7.75. The Labute approximate surface area is 205 Å². The van der Waals surface area contributed by atoms with Gasteiger partial charge in [0, 0.05) is 33.9 Å². The van der Waals surface area contributed by atoms with Crippen molar-refractivity contribution in [2.24, 2.45) is 5.92 Å². The summed E-state index contributed by atoms with van der Waals surface area (Å²) in [6, 6.07) is 6.60. The van der Waals surface area contributed by atoms with Crippen LogP contribution >= 0.6 is 23.1 Å². The first-order valence-electron chi connectivity index (χ1n) is 10.6. The Morgan fingerprint density at radius 2 is 2.23 bits per heavy atom. The summed E-state index contributed by atoms with van der Waals surface area (Å²) in [7, 11) is 0. The Kier molecular flexibility index (Phi) is 4.83. The van der Waals surface area contributed by atoms with Crippen LogP contribution in [0.5, 0.6) is 0 Å². The second kappa shape index (κ2) is 7.82. The molecule has 6 rings (SSSR count). The van der Waals surface area contributed by atoms with Gasteiger partial charge in [0.05, 0.1) is 27.8 Å². The molecular weight excluding hydrogens is 495 g/mol. The fourth-order valence-corrected chi connectivity index (χ4v) is 5.75. The number of nitrogen functional groups attached to an aromatic ring is 1. The van der Waals surface area contributed by atoms with Crippen LogP contribution in [0.1, 0.15) is 16.1 Å². The lowest BCUT2D eigenvalue weighted by Crippen LogP contribution is -2.40. The summed E-state index contributed by atoms with van der Waals surface area (Å²) in [5, 5.41) is 12.1. The third-order valence-corrected chi connectivity index (χ3v) is 7.45. The molecule has 1 aliphatic carbocycles. The second-order valence-electron chi connectivity index (χ2n) is 8.24. The van der Waals surface area contributed by atoms with E-state index in [1.54, 1.807) is 24.3 Å². The van der Waals surface area contributed by atoms with Gasteiger partial charge in [-0.1, -0.05) is 11.6 Å². The number of aromatic amines is 1. The van der Waals surface area contributed by atoms with Crippen LogP contribution in [0.4, 0.5) is 10.2 Å². The summed E-state index contributed by atoms with van der Waals surface area (Å²) in [5.41, 5.74) is 6.21. The minimum atomic E-state index is -1.44. The summed E-state index contributed by atoms with van der Waals surface area (Å²) in [6.45, 7) is -0.00659. The molecule has 1 aromatic carbocycles. The molecule has 8 nitrogen and oxygen atoms in total. The summed E-state index contributed by atoms with van der Waals surface area (Å²) in [6.07, 6.45) is 4.33. The van der Waals surface area contributed by atoms with Crippen LogP contribution in [-0.2, 0) is 11.3 Å². The quantitative estimate of drug-likeness (QED) is 0.388. The standard InChI is InChI=1S/C24H16ClFN4O4S/c25-14-7-17-13(22(27)29-35-17)6-10(14)9-30-16-8-15(26)11-3-5-34-21(11)19(16)18(20(30)24(32)33)12-2-1-4-28-23(12)31/h1-8,11,15H,9H2,(H2,27,29)(H,28,31)(H,32,33). The number of benzene rings is 1. The lowest BCUT2D eigenvalue weighted by atomic mass is 9.94. The van der Waals surface area contributed by atoms with Gasteiger partial charge in [0.15, 0.2) is 0 Å². The summed E-state index contributed by atoms with van der Waals surface area (Å²) in [5.74, 6) is -1.38. The number of aromatic nitrogens is 3. The normalized spacial score (nSPS) is 18.3. The molecule has 0 saturated heterocycles. The van der Waals surface area contributed by atoms with Crippen LogP contribution in [0.15, 0.2) is 47.6 Å². The highest BCUT2D eigenvalue weighted by atomic mass is 35.5. The molecule has 0 radical (unpaired) electrons. The highest BCUT2D eigenvalue weighted by molar-refractivity contribution is 7.13. The van der Waals surface area contributed by atoms with E-state index in [1.807, 2.05) is 0 Å². The molecular formula is C24H16ClFN4O4S. The number of nitrogens with zero attached hydrogens (tertiary/aromatic N) is 2. The Morgan fingerprint density at radius 1 is 1.40 bits per heavy atom. The van der Waals surface area contributed by atoms with Crippen molar-refractivity contribution in [2.75, 3.05) is 5.73 Å². The van der Waals surface area contributed by atoms with Crippen molar-refractivity contribution in [3.05, 3.63) is 80.0 Å². The fourth-order valence-electron chi connectivity index (χ4n) is 4.74. The van der Waals surface area contributed by atoms with Crippen molar-refractivity contribution in [1.82, 2.24) is 13.9 Å². The molecule has 35 heavy (non-hydrogen) atoms. The monoisotopic (exact) mass is 510 g/mol. The minimum Gasteiger partial charge on any atom is -0.477 e. The number of ether oxygens (including phenoxy) is 1. The van der Waals surface area contributed by atoms with Crippen molar-refractivity contribution in [1.29, 1.82) is 0 Å². The van der Waals surface area contributed by atoms with Gasteiger partial charge in [-0.3, -0.25) is 4.79 Å². The predicted octanol–water partition coefficient (Wildman–Crippen LogP) is 2.84. The molecule has 0 spiro atoms. The SMILES string of the molecule is Nc1nsc2cc(Cl)c(Cn3c(C(=O)O)c(-c4ccc[nH]c4=O)c4c3=CC(F)C3C=COC=43)cc12. The number of aromatic carboxylic acids is 1. The maximum atomic E-state index is 15.2. The molecule has 11 heteroatoms. The van der Waals surface area contributed by atoms with E-state index in [0.717, 1.165) is 4.70 Å². The Bertz CT molecular complexity index is 1770. The van der Waals surface area contributed by atoms with E-state index < -0.39 is 23.6 Å². The van der Waals surface area contributed by atoms with Crippen LogP contribution in [0.3, 0.4) is 0 Å². The number of rotatable bonds is 4. The molecule has 0 amide bonds. The molecule has 0 saturated carbocycles. The first kappa shape index (κ1) is 21.6. The van der Waals surface area contributed by atoms with Crippen molar-refractivity contribution in [3.8, 4) is 11.1 Å². The van der Waals surface area contributed by atoms with E-state index in [-0.39, 0.29) is 29.1 Å². The zero-order valence-corrected chi connectivity index (χ0v) is 19.4. The van der Waals surface area contributed by atoms with E-state index >= 15 is 4.39 Å². The van der Waals surface area contributed by atoms with E-state index in [0.29, 0.717) is 32.4 Å². The molecule has 3 aromatic heterocycles. The molecule has 4 aromatic rings. The molecule has 0 fully saturated rings. The Balaban J connectivity index is 1.71. The molecule has 0 bridgehead atoms. The fraction of sp³-hybridized carbons (Fsp3) is 0.125. The topological polar surface area (TPSA) is 123 Å². The molecule has 176 valence electrons. The average Bonchev–Trinajstić information content (AvgIpc) is 3.52. The lowest BCUT2D eigenvalue weighted by Gasteiger charge is -2.17. The minimum absolute atomic E-state index is 0.00659. The van der Waals surface area contributed by atoms with Gasteiger partial charge in [-0.05, 0) is 53.5 Å². The molecule has 4 heterocycles. The number of halogens is 2. The highest BCUT2D eigenvalue weighted by Gasteiger charge is 2.35. The molecule has 2 atom stereocenters. The Morgan fingerprint density at radius 3 is 3.00 bits per heavy atom. The third kappa shape index (κ3) is 3.21. The number of H-pyrrole nitrogens is 1. The lowest BCUT2D eigenvalue weighted by molar-refractivity contribution is 0.0686. The van der Waals surface area contributed by atoms with Gasteiger partial charge in [0.1, 0.15) is 23.4 Å². The summed E-state index contributed by atoms with van der Waals surface area (Å²) in [4.78, 5) is 28.0. The number of fused-ring (bicyclic) bond motifs is 3. The number of carboxylic acid groups (broad SMARTS) is 1. The second-order valence-corrected chi connectivity index (χ2v) is 9.46. The number of anilines is 1. The predicted molar refractivity (Wildman–Crippen MR) is 131 cm³/mol. The van der Waals surface area contributed by atoms with Gasteiger partial charge in [0.2, 0.25) is 0 Å². The van der Waals surface area contributed by atoms with Crippen LogP contribution in [0.2, 0.25) is 5.02 Å². The molecule has 1 aliphatic heterocycles. The average molecular weight is 511 g/mol. The van der Waals surface area contributed by atoms with E-state index in [4.69, 9.17) is 22.1 Å². The number of hydrogen-bond acceptors (Lipinski definition) is 6. The largest absolute Gasteiger partial charge is 0.477 e. The smallest absolute Gasteiger partial charge is 0.353 e. The highest BCUT2D eigenvalue weighted by Crippen LogP contribution is 2.33. The van der Waals surface area contributed by atoms with Gasteiger partial charge >= 0.3 is 5.97 Å². The number of nitrogens with one attached hydrogen (secondary N) is 1. The zero-order valence-electron chi connectivity index (χ0n) is 17.8. The summed E-state index contributed by atoms with van der Waals surface area (Å²) < 4.78 is 27.2. The van der Waals surface area contributed by atoms with Crippen molar-refractivity contribution >= 4 is 56.8 Å². The van der Waals surface area contributed by atoms with E-state index in [2.05, 4.69) is 9.36 Å². The first-order valence-corrected chi connectivity index (χ1v) is 11.7. The van der Waals surface area contributed by atoms with Gasteiger partial charge in [-0.25, -0.2) is 9.18 Å². The molecule has 2 unspecified atom stereocenters. The van der Waals surface area contributed by atoms with Crippen LogP contribution in [-0.4, -0.2) is 31.2 Å². The number of alkyl halides is 1. The van der Waals surface area contributed by atoms with Crippen molar-refractivity contribution in [2.45, 2.75) is 12.7 Å². The van der Waals surface area contributed by atoms with E-state index in [9.17, 15) is 14.7 Å². The van der Waals surface area contributed by atoms with Crippen LogP contribution in [0, 0.1) is 5.92 Å². The third-order valence-electron chi connectivity index (χ3n) is 6.28. The molecule has 4 N–H and O–H groups in total. The first-order chi connectivity index (χ1) is 16.8. The van der Waals surface area contributed by atoms with Crippen LogP contribution < -0.4 is 21.9 Å². The van der Waals surface area contributed by atoms with Gasteiger partial charge in [0.25, 0.3) is 5.56 Å². The zero-order chi connectivity index (χ0) is 24.4. The molecule has 2 aliphatic rings. The van der Waals surface area contributed by atoms with Crippen LogP contribution in [0.25, 0.3) is 33.0 Å². The van der Waals surface area contributed by atoms with E-state index in [1.165, 1.54) is 40.7 Å². The number of nitrogens with two attached hydrogens (primary N) is 1. The van der Waals surface area contributed by atoms with Gasteiger partial charge in [-0.15, -0.1) is 0 Å². The number of carboxylic acids is 1. The number of pyridine rings is 1.